The Morgan fingerprint density at radius 2 is 2.08 bits per heavy atom. The number of nitrogens with zero attached hydrogens (tertiary/aromatic N) is 3. The van der Waals surface area contributed by atoms with Gasteiger partial charge in [0.25, 0.3) is 5.91 Å². The van der Waals surface area contributed by atoms with E-state index >= 15 is 0 Å². The quantitative estimate of drug-likeness (QED) is 0.643. The normalized spacial score (nSPS) is 20.1. The fourth-order valence-corrected chi connectivity index (χ4v) is 3.50. The highest BCUT2D eigenvalue weighted by Crippen LogP contribution is 2.25. The van der Waals surface area contributed by atoms with Crippen molar-refractivity contribution in [2.75, 3.05) is 17.7 Å². The molecule has 1 amide bonds. The van der Waals surface area contributed by atoms with Crippen molar-refractivity contribution in [2.45, 2.75) is 44.7 Å². The van der Waals surface area contributed by atoms with Crippen molar-refractivity contribution in [1.29, 1.82) is 0 Å². The molecule has 0 saturated heterocycles. The van der Waals surface area contributed by atoms with Crippen LogP contribution in [-0.4, -0.2) is 39.4 Å². The van der Waals surface area contributed by atoms with E-state index in [0.29, 0.717) is 23.7 Å². The van der Waals surface area contributed by atoms with E-state index in [4.69, 9.17) is 5.73 Å². The van der Waals surface area contributed by atoms with Crippen molar-refractivity contribution in [3.63, 3.8) is 0 Å². The van der Waals surface area contributed by atoms with E-state index < -0.39 is 0 Å². The van der Waals surface area contributed by atoms with Gasteiger partial charge in [-0.15, -0.1) is 0 Å². The first-order valence-electron chi connectivity index (χ1n) is 8.36. The Morgan fingerprint density at radius 3 is 2.72 bits per heavy atom. The number of aromatic nitrogens is 3. The molecule has 1 aliphatic carbocycles. The molecular weight excluding hydrogens is 338 g/mol. The molecule has 9 heteroatoms. The van der Waals surface area contributed by atoms with Crippen molar-refractivity contribution in [3.05, 3.63) is 23.7 Å². The molecule has 0 spiro atoms. The highest BCUT2D eigenvalue weighted by Gasteiger charge is 2.20. The molecule has 1 saturated carbocycles. The molecule has 0 radical (unpaired) electrons. The summed E-state index contributed by atoms with van der Waals surface area (Å²) >= 11 is 1.32. The van der Waals surface area contributed by atoms with Crippen molar-refractivity contribution in [3.8, 4) is 0 Å². The number of carbonyl (C=O) groups is 1. The molecule has 3 rings (SSSR count). The lowest BCUT2D eigenvalue weighted by Crippen LogP contribution is -2.33. The highest BCUT2D eigenvalue weighted by atomic mass is 32.1. The number of rotatable bonds is 5. The summed E-state index contributed by atoms with van der Waals surface area (Å²) in [6.07, 6.45) is 5.63. The van der Waals surface area contributed by atoms with Crippen LogP contribution in [0.5, 0.6) is 0 Å². The van der Waals surface area contributed by atoms with Crippen LogP contribution < -0.4 is 21.7 Å². The van der Waals surface area contributed by atoms with E-state index in [9.17, 15) is 4.79 Å². The van der Waals surface area contributed by atoms with Gasteiger partial charge >= 0.3 is 0 Å². The van der Waals surface area contributed by atoms with E-state index in [-0.39, 0.29) is 11.6 Å². The highest BCUT2D eigenvalue weighted by molar-refractivity contribution is 7.10. The lowest BCUT2D eigenvalue weighted by Gasteiger charge is -2.27. The topological polar surface area (TPSA) is 118 Å². The zero-order chi connectivity index (χ0) is 17.8. The SMILES string of the molecule is CNC(=O)c1ncc(NC2CCC(N)CC2)nc1Nc1cc(C)ns1. The Morgan fingerprint density at radius 1 is 1.32 bits per heavy atom. The number of hydrogen-bond donors (Lipinski definition) is 4. The summed E-state index contributed by atoms with van der Waals surface area (Å²) in [6.45, 7) is 1.92. The zero-order valence-electron chi connectivity index (χ0n) is 14.4. The summed E-state index contributed by atoms with van der Waals surface area (Å²) in [5.41, 5.74) is 7.12. The van der Waals surface area contributed by atoms with Gasteiger partial charge in [-0.1, -0.05) is 0 Å². The largest absolute Gasteiger partial charge is 0.366 e. The van der Waals surface area contributed by atoms with Gasteiger partial charge in [0.1, 0.15) is 10.8 Å². The van der Waals surface area contributed by atoms with Gasteiger partial charge in [0, 0.05) is 19.1 Å². The van der Waals surface area contributed by atoms with Gasteiger partial charge in [0.05, 0.1) is 11.9 Å². The molecule has 8 nitrogen and oxygen atoms in total. The molecule has 25 heavy (non-hydrogen) atoms. The van der Waals surface area contributed by atoms with Crippen LogP contribution in [0.15, 0.2) is 12.3 Å². The van der Waals surface area contributed by atoms with Gasteiger partial charge in [-0.25, -0.2) is 9.97 Å². The second-order valence-corrected chi connectivity index (χ2v) is 7.05. The molecule has 2 aromatic rings. The van der Waals surface area contributed by atoms with Crippen LogP contribution in [0.2, 0.25) is 0 Å². The molecule has 2 heterocycles. The Balaban J connectivity index is 1.80. The number of amides is 1. The third-order valence-electron chi connectivity index (χ3n) is 4.21. The van der Waals surface area contributed by atoms with Crippen LogP contribution in [0.3, 0.4) is 0 Å². The maximum atomic E-state index is 12.1. The Hall–Kier alpha value is -2.26. The molecule has 134 valence electrons. The third kappa shape index (κ3) is 4.43. The number of hydrogen-bond acceptors (Lipinski definition) is 8. The predicted molar refractivity (Wildman–Crippen MR) is 99.4 cm³/mol. The average Bonchev–Trinajstić information content (AvgIpc) is 3.01. The summed E-state index contributed by atoms with van der Waals surface area (Å²) in [7, 11) is 1.57. The van der Waals surface area contributed by atoms with Crippen molar-refractivity contribution < 1.29 is 4.79 Å². The van der Waals surface area contributed by atoms with Crippen LogP contribution in [0, 0.1) is 6.92 Å². The molecule has 1 aliphatic rings. The molecule has 0 unspecified atom stereocenters. The molecule has 5 N–H and O–H groups in total. The fraction of sp³-hybridized carbons (Fsp3) is 0.500. The van der Waals surface area contributed by atoms with E-state index in [2.05, 4.69) is 30.3 Å². The first-order chi connectivity index (χ1) is 12.0. The molecular formula is C16H23N7OS. The van der Waals surface area contributed by atoms with Crippen molar-refractivity contribution >= 4 is 34.1 Å². The molecule has 0 aliphatic heterocycles. The zero-order valence-corrected chi connectivity index (χ0v) is 15.2. The second kappa shape index (κ2) is 7.75. The summed E-state index contributed by atoms with van der Waals surface area (Å²) in [4.78, 5) is 20.9. The van der Waals surface area contributed by atoms with Gasteiger partial charge in [-0.2, -0.15) is 4.37 Å². The van der Waals surface area contributed by atoms with Gasteiger partial charge in [-0.3, -0.25) is 4.79 Å². The maximum Gasteiger partial charge on any atom is 0.273 e. The molecule has 1 fully saturated rings. The van der Waals surface area contributed by atoms with Crippen LogP contribution in [-0.2, 0) is 0 Å². The number of aryl methyl sites for hydroxylation is 1. The lowest BCUT2D eigenvalue weighted by molar-refractivity contribution is 0.0959. The van der Waals surface area contributed by atoms with Gasteiger partial charge in [0.15, 0.2) is 11.5 Å². The second-order valence-electron chi connectivity index (χ2n) is 6.25. The smallest absolute Gasteiger partial charge is 0.273 e. The minimum absolute atomic E-state index is 0.254. The summed E-state index contributed by atoms with van der Waals surface area (Å²) in [6, 6.07) is 2.53. The van der Waals surface area contributed by atoms with E-state index in [0.717, 1.165) is 36.4 Å². The number of anilines is 3. The van der Waals surface area contributed by atoms with Gasteiger partial charge < -0.3 is 21.7 Å². The van der Waals surface area contributed by atoms with Crippen molar-refractivity contribution in [2.24, 2.45) is 5.73 Å². The molecule has 2 aromatic heterocycles. The average molecular weight is 361 g/mol. The predicted octanol–water partition coefficient (Wildman–Crippen LogP) is 2.03. The first-order valence-corrected chi connectivity index (χ1v) is 9.14. The van der Waals surface area contributed by atoms with Gasteiger partial charge in [-0.05, 0) is 50.2 Å². The first kappa shape index (κ1) is 17.6. The van der Waals surface area contributed by atoms with E-state index in [1.54, 1.807) is 13.2 Å². The summed E-state index contributed by atoms with van der Waals surface area (Å²) in [5, 5.41) is 9.97. The molecule has 0 aromatic carbocycles. The standard InChI is InChI=1S/C16H23N7OS/c1-9-7-13(25-23-9)22-15-14(16(24)18-2)19-8-12(21-15)20-11-5-3-10(17)4-6-11/h7-8,10-11H,3-6,17H2,1-2H3,(H,18,24)(H2,20,21,22). The number of carbonyl (C=O) groups excluding carboxylic acids is 1. The minimum Gasteiger partial charge on any atom is -0.366 e. The minimum atomic E-state index is -0.286. The summed E-state index contributed by atoms with van der Waals surface area (Å²) < 4.78 is 4.23. The Kier molecular flexibility index (Phi) is 5.44. The molecule has 0 atom stereocenters. The van der Waals surface area contributed by atoms with E-state index in [1.165, 1.54) is 11.5 Å². The monoisotopic (exact) mass is 361 g/mol. The summed E-state index contributed by atoms with van der Waals surface area (Å²) in [5.74, 6) is 0.781. The number of nitrogens with one attached hydrogen (secondary N) is 3. The van der Waals surface area contributed by atoms with Crippen molar-refractivity contribution in [1.82, 2.24) is 19.7 Å². The fourth-order valence-electron chi connectivity index (χ4n) is 2.84. The number of nitrogens with two attached hydrogens (primary N) is 1. The lowest BCUT2D eigenvalue weighted by atomic mass is 9.92. The van der Waals surface area contributed by atoms with Crippen LogP contribution in [0.1, 0.15) is 41.9 Å². The van der Waals surface area contributed by atoms with Gasteiger partial charge in [0.2, 0.25) is 0 Å². The maximum absolute atomic E-state index is 12.1. The van der Waals surface area contributed by atoms with Crippen LogP contribution in [0.25, 0.3) is 0 Å². The Bertz CT molecular complexity index is 740. The Labute approximate surface area is 150 Å². The molecule has 0 bridgehead atoms. The van der Waals surface area contributed by atoms with E-state index in [1.807, 2.05) is 13.0 Å². The van der Waals surface area contributed by atoms with Crippen LogP contribution in [0.4, 0.5) is 16.6 Å². The van der Waals surface area contributed by atoms with Crippen LogP contribution >= 0.6 is 11.5 Å². The third-order valence-corrected chi connectivity index (χ3v) is 5.00.